The van der Waals surface area contributed by atoms with Gasteiger partial charge in [0.15, 0.2) is 0 Å². The highest BCUT2D eigenvalue weighted by Gasteiger charge is 2.36. The molecule has 1 saturated heterocycles. The van der Waals surface area contributed by atoms with Crippen LogP contribution in [0.5, 0.6) is 0 Å². The van der Waals surface area contributed by atoms with Crippen LogP contribution in [0.25, 0.3) is 0 Å². The molecule has 1 fully saturated rings. The minimum absolute atomic E-state index is 0.0000278. The van der Waals surface area contributed by atoms with E-state index in [0.717, 1.165) is 0 Å². The second-order valence-electron chi connectivity index (χ2n) is 5.41. The maximum absolute atomic E-state index is 12.9. The van der Waals surface area contributed by atoms with Crippen molar-refractivity contribution in [2.75, 3.05) is 6.54 Å². The lowest BCUT2D eigenvalue weighted by Gasteiger charge is -2.35. The van der Waals surface area contributed by atoms with E-state index in [-0.39, 0.29) is 18.3 Å². The number of benzene rings is 1. The Morgan fingerprint density at radius 3 is 2.52 bits per heavy atom. The largest absolute Gasteiger partial charge is 0.481 e. The lowest BCUT2D eigenvalue weighted by molar-refractivity contribution is -0.143. The third-order valence-electron chi connectivity index (χ3n) is 3.79. The van der Waals surface area contributed by atoms with Gasteiger partial charge in [0.05, 0.1) is 11.7 Å². The Bertz CT molecular complexity index is 614. The van der Waals surface area contributed by atoms with Gasteiger partial charge in [0.2, 0.25) is 10.0 Å². The van der Waals surface area contributed by atoms with E-state index in [9.17, 15) is 17.6 Å². The zero-order chi connectivity index (χ0) is 15.6. The minimum Gasteiger partial charge on any atom is -0.481 e. The summed E-state index contributed by atoms with van der Waals surface area (Å²) in [6.45, 7) is 1.78. The van der Waals surface area contributed by atoms with Crippen LogP contribution in [0.3, 0.4) is 0 Å². The number of halogens is 1. The lowest BCUT2D eigenvalue weighted by atomic mass is 9.96. The number of sulfonamides is 1. The molecular formula is C14H18FNO4S. The number of carboxylic acid groups (broad SMARTS) is 1. The maximum atomic E-state index is 12.9. The van der Waals surface area contributed by atoms with Gasteiger partial charge in [0.1, 0.15) is 5.82 Å². The van der Waals surface area contributed by atoms with Gasteiger partial charge in [-0.3, -0.25) is 4.79 Å². The minimum atomic E-state index is -3.62. The molecule has 0 aromatic heterocycles. The summed E-state index contributed by atoms with van der Waals surface area (Å²) in [7, 11) is -3.62. The monoisotopic (exact) mass is 315 g/mol. The topological polar surface area (TPSA) is 74.7 Å². The number of piperidine rings is 1. The summed E-state index contributed by atoms with van der Waals surface area (Å²) < 4.78 is 39.0. The summed E-state index contributed by atoms with van der Waals surface area (Å²) in [5.41, 5.74) is 0.487. The number of rotatable bonds is 4. The van der Waals surface area contributed by atoms with Crippen molar-refractivity contribution in [1.82, 2.24) is 4.31 Å². The van der Waals surface area contributed by atoms with Crippen LogP contribution in [0.2, 0.25) is 0 Å². The molecule has 2 atom stereocenters. The molecule has 0 aliphatic carbocycles. The van der Waals surface area contributed by atoms with Crippen LogP contribution >= 0.6 is 0 Å². The number of carbonyl (C=O) groups is 1. The molecule has 1 N–H and O–H groups in total. The molecule has 5 nitrogen and oxygen atoms in total. The van der Waals surface area contributed by atoms with Gasteiger partial charge in [-0.2, -0.15) is 4.31 Å². The van der Waals surface area contributed by atoms with Gasteiger partial charge in [0, 0.05) is 12.6 Å². The highest BCUT2D eigenvalue weighted by molar-refractivity contribution is 7.88. The Morgan fingerprint density at radius 2 is 1.95 bits per heavy atom. The molecule has 1 aliphatic rings. The van der Waals surface area contributed by atoms with Crippen LogP contribution in [0.1, 0.15) is 25.3 Å². The van der Waals surface area contributed by atoms with Crippen molar-refractivity contribution in [3.8, 4) is 0 Å². The van der Waals surface area contributed by atoms with Crippen molar-refractivity contribution >= 4 is 16.0 Å². The molecule has 0 bridgehead atoms. The van der Waals surface area contributed by atoms with Crippen molar-refractivity contribution < 1.29 is 22.7 Å². The summed E-state index contributed by atoms with van der Waals surface area (Å²) in [5, 5.41) is 9.07. The molecule has 1 aromatic carbocycles. The van der Waals surface area contributed by atoms with Crippen molar-refractivity contribution in [2.24, 2.45) is 5.92 Å². The fourth-order valence-electron chi connectivity index (χ4n) is 2.54. The third-order valence-corrected chi connectivity index (χ3v) is 5.72. The number of aliphatic carboxylic acids is 1. The van der Waals surface area contributed by atoms with Gasteiger partial charge in [-0.05, 0) is 37.5 Å². The van der Waals surface area contributed by atoms with Crippen LogP contribution in [-0.2, 0) is 20.6 Å². The van der Waals surface area contributed by atoms with Crippen LogP contribution in [0.4, 0.5) is 4.39 Å². The van der Waals surface area contributed by atoms with Crippen molar-refractivity contribution in [3.05, 3.63) is 35.6 Å². The molecule has 0 spiro atoms. The van der Waals surface area contributed by atoms with Crippen LogP contribution in [-0.4, -0.2) is 36.4 Å². The molecule has 1 aliphatic heterocycles. The molecule has 7 heteroatoms. The highest BCUT2D eigenvalue weighted by atomic mass is 32.2. The molecule has 0 amide bonds. The quantitative estimate of drug-likeness (QED) is 0.920. The van der Waals surface area contributed by atoms with Crippen molar-refractivity contribution in [3.63, 3.8) is 0 Å². The Morgan fingerprint density at radius 1 is 1.33 bits per heavy atom. The van der Waals surface area contributed by atoms with E-state index in [1.54, 1.807) is 6.92 Å². The lowest BCUT2D eigenvalue weighted by Crippen LogP contribution is -2.47. The van der Waals surface area contributed by atoms with E-state index in [4.69, 9.17) is 5.11 Å². The molecule has 21 heavy (non-hydrogen) atoms. The van der Waals surface area contributed by atoms with E-state index in [2.05, 4.69) is 0 Å². The fourth-order valence-corrected chi connectivity index (χ4v) is 4.38. The predicted octanol–water partition coefficient (Wildman–Crippen LogP) is 1.84. The van der Waals surface area contributed by atoms with Crippen LogP contribution in [0, 0.1) is 11.7 Å². The van der Waals surface area contributed by atoms with E-state index < -0.39 is 27.7 Å². The first-order chi connectivity index (χ1) is 9.79. The summed E-state index contributed by atoms with van der Waals surface area (Å²) in [6, 6.07) is 5.06. The van der Waals surface area contributed by atoms with Gasteiger partial charge >= 0.3 is 5.97 Å². The van der Waals surface area contributed by atoms with Crippen molar-refractivity contribution in [2.45, 2.75) is 31.6 Å². The molecule has 2 unspecified atom stereocenters. The molecule has 116 valence electrons. The van der Waals surface area contributed by atoms with Gasteiger partial charge in [-0.25, -0.2) is 12.8 Å². The standard InChI is InChI=1S/C14H18FNO4S/c1-10-2-5-12(14(17)18)8-16(10)21(19,20)9-11-3-6-13(15)7-4-11/h3-4,6-7,10,12H,2,5,8-9H2,1H3,(H,17,18). The first-order valence-corrected chi connectivity index (χ1v) is 8.37. The Labute approximate surface area is 123 Å². The summed E-state index contributed by atoms with van der Waals surface area (Å²) >= 11 is 0. The summed E-state index contributed by atoms with van der Waals surface area (Å²) in [6.07, 6.45) is 1.01. The molecule has 1 aromatic rings. The SMILES string of the molecule is CC1CCC(C(=O)O)CN1S(=O)(=O)Cc1ccc(F)cc1. The van der Waals surface area contributed by atoms with Gasteiger partial charge < -0.3 is 5.11 Å². The van der Waals surface area contributed by atoms with Crippen molar-refractivity contribution in [1.29, 1.82) is 0 Å². The smallest absolute Gasteiger partial charge is 0.307 e. The molecule has 2 rings (SSSR count). The normalized spacial score (nSPS) is 23.9. The Kier molecular flexibility index (Phi) is 4.63. The predicted molar refractivity (Wildman–Crippen MR) is 75.6 cm³/mol. The van der Waals surface area contributed by atoms with E-state index in [1.807, 2.05) is 0 Å². The van der Waals surface area contributed by atoms with Gasteiger partial charge in [-0.1, -0.05) is 12.1 Å². The Hall–Kier alpha value is -1.47. The number of carboxylic acids is 1. The van der Waals surface area contributed by atoms with E-state index in [1.165, 1.54) is 28.6 Å². The average Bonchev–Trinajstić information content (AvgIpc) is 2.41. The number of nitrogens with zero attached hydrogens (tertiary/aromatic N) is 1. The summed E-state index contributed by atoms with van der Waals surface area (Å²) in [4.78, 5) is 11.1. The molecular weight excluding hydrogens is 297 g/mol. The highest BCUT2D eigenvalue weighted by Crippen LogP contribution is 2.26. The second-order valence-corrected chi connectivity index (χ2v) is 7.34. The van der Waals surface area contributed by atoms with Gasteiger partial charge in [0.25, 0.3) is 0 Å². The zero-order valence-electron chi connectivity index (χ0n) is 11.7. The average molecular weight is 315 g/mol. The van der Waals surface area contributed by atoms with Crippen LogP contribution in [0.15, 0.2) is 24.3 Å². The zero-order valence-corrected chi connectivity index (χ0v) is 12.5. The van der Waals surface area contributed by atoms with E-state index >= 15 is 0 Å². The van der Waals surface area contributed by atoms with Gasteiger partial charge in [-0.15, -0.1) is 0 Å². The first kappa shape index (κ1) is 15.9. The fraction of sp³-hybridized carbons (Fsp3) is 0.500. The maximum Gasteiger partial charge on any atom is 0.307 e. The molecule has 0 saturated carbocycles. The number of hydrogen-bond acceptors (Lipinski definition) is 3. The van der Waals surface area contributed by atoms with E-state index in [0.29, 0.717) is 18.4 Å². The second kappa shape index (κ2) is 6.11. The van der Waals surface area contributed by atoms with Crippen LogP contribution < -0.4 is 0 Å². The molecule has 0 radical (unpaired) electrons. The molecule has 1 heterocycles. The summed E-state index contributed by atoms with van der Waals surface area (Å²) in [5.74, 6) is -2.30. The Balaban J connectivity index is 2.17. The first-order valence-electron chi connectivity index (χ1n) is 6.76. The third kappa shape index (κ3) is 3.79. The number of hydrogen-bond donors (Lipinski definition) is 1.